The molecule has 0 bridgehead atoms. The van der Waals surface area contributed by atoms with E-state index in [0.29, 0.717) is 12.1 Å². The van der Waals surface area contributed by atoms with E-state index in [9.17, 15) is 29.6 Å². The van der Waals surface area contributed by atoms with Crippen LogP contribution in [0.4, 0.5) is 21.5 Å². The normalized spacial score (nSPS) is 11.5. The molecule has 172 valence electrons. The van der Waals surface area contributed by atoms with E-state index in [0.717, 1.165) is 30.6 Å². The number of carboxylic acids is 1. The molecule has 0 aliphatic rings. The van der Waals surface area contributed by atoms with Gasteiger partial charge in [0, 0.05) is 12.6 Å². The molecule has 0 radical (unpaired) electrons. The van der Waals surface area contributed by atoms with Crippen molar-refractivity contribution >= 4 is 50.6 Å². The second kappa shape index (κ2) is 11.2. The predicted molar refractivity (Wildman–Crippen MR) is 121 cm³/mol. The van der Waals surface area contributed by atoms with Crippen LogP contribution in [0.25, 0.3) is 0 Å². The van der Waals surface area contributed by atoms with Gasteiger partial charge in [0.25, 0.3) is 5.91 Å². The third-order valence-electron chi connectivity index (χ3n) is 4.47. The van der Waals surface area contributed by atoms with Crippen LogP contribution in [0.3, 0.4) is 0 Å². The van der Waals surface area contributed by atoms with Crippen LogP contribution in [0, 0.1) is 17.0 Å². The number of nitro groups is 1. The molecule has 2 amide bonds. The first-order valence-corrected chi connectivity index (χ1v) is 10.8. The molecule has 0 saturated carbocycles. The number of carbonyl (C=O) groups excluding carboxylic acids is 2. The molecule has 1 heterocycles. The van der Waals surface area contributed by atoms with Crippen LogP contribution in [0.1, 0.15) is 55.6 Å². The average Bonchev–Trinajstić information content (AvgIpc) is 3.07. The van der Waals surface area contributed by atoms with E-state index in [-0.39, 0.29) is 27.1 Å². The number of amides is 2. The number of hydrogen-bond donors (Lipinski definition) is 4. The second-order valence-corrected chi connectivity index (χ2v) is 8.07. The molecular formula is C20H25N5O6S. The van der Waals surface area contributed by atoms with E-state index in [1.54, 1.807) is 0 Å². The molecule has 0 aliphatic heterocycles. The molecule has 0 saturated heterocycles. The Morgan fingerprint density at radius 2 is 1.97 bits per heavy atom. The van der Waals surface area contributed by atoms with Crippen molar-refractivity contribution in [2.45, 2.75) is 52.5 Å². The van der Waals surface area contributed by atoms with Crippen molar-refractivity contribution in [2.24, 2.45) is 0 Å². The molecule has 2 aromatic rings. The lowest BCUT2D eigenvalue weighted by atomic mass is 10.1. The Bertz CT molecular complexity index is 1020. The fourth-order valence-electron chi connectivity index (χ4n) is 2.96. The minimum Gasteiger partial charge on any atom is -0.480 e. The van der Waals surface area contributed by atoms with Crippen LogP contribution in [-0.4, -0.2) is 38.8 Å². The van der Waals surface area contributed by atoms with Gasteiger partial charge in [-0.05, 0) is 42.9 Å². The Kier molecular flexibility index (Phi) is 8.64. The molecule has 1 atom stereocenters. The zero-order valence-electron chi connectivity index (χ0n) is 17.9. The molecule has 4 N–H and O–H groups in total. The van der Waals surface area contributed by atoms with Crippen LogP contribution < -0.4 is 16.0 Å². The number of rotatable bonds is 11. The van der Waals surface area contributed by atoms with Crippen LogP contribution in [0.5, 0.6) is 0 Å². The van der Waals surface area contributed by atoms with Gasteiger partial charge in [-0.1, -0.05) is 26.2 Å². The summed E-state index contributed by atoms with van der Waals surface area (Å²) in [6.45, 7) is 4.77. The second-order valence-electron chi connectivity index (χ2n) is 7.09. The highest BCUT2D eigenvalue weighted by molar-refractivity contribution is 7.19. The first-order chi connectivity index (χ1) is 15.1. The quantitative estimate of drug-likeness (QED) is 0.220. The van der Waals surface area contributed by atoms with E-state index in [2.05, 4.69) is 20.9 Å². The summed E-state index contributed by atoms with van der Waals surface area (Å²) in [4.78, 5) is 50.3. The number of nitrogens with zero attached hydrogens (tertiary/aromatic N) is 2. The van der Waals surface area contributed by atoms with Crippen molar-refractivity contribution in [1.29, 1.82) is 0 Å². The number of anilines is 3. The summed E-state index contributed by atoms with van der Waals surface area (Å²) in [6, 6.07) is 3.63. The number of aliphatic carboxylic acids is 1. The highest BCUT2D eigenvalue weighted by atomic mass is 32.1. The van der Waals surface area contributed by atoms with Gasteiger partial charge in [-0.2, -0.15) is 0 Å². The maximum Gasteiger partial charge on any atom is 0.348 e. The van der Waals surface area contributed by atoms with E-state index in [1.165, 1.54) is 32.0 Å². The lowest BCUT2D eigenvalue weighted by Gasteiger charge is -2.18. The lowest BCUT2D eigenvalue weighted by molar-refractivity contribution is -0.380. The molecule has 1 aromatic heterocycles. The summed E-state index contributed by atoms with van der Waals surface area (Å²) < 4.78 is 0. The lowest BCUT2D eigenvalue weighted by Crippen LogP contribution is -2.29. The molecule has 11 nitrogen and oxygen atoms in total. The monoisotopic (exact) mass is 463 g/mol. The zero-order valence-corrected chi connectivity index (χ0v) is 18.7. The number of thiazole rings is 1. The first kappa shape index (κ1) is 24.7. The number of carboxylic acid groups (broad SMARTS) is 1. The van der Waals surface area contributed by atoms with Crippen molar-refractivity contribution in [3.63, 3.8) is 0 Å². The Hall–Kier alpha value is -3.54. The molecule has 1 unspecified atom stereocenters. The van der Waals surface area contributed by atoms with Crippen molar-refractivity contribution in [3.8, 4) is 0 Å². The van der Waals surface area contributed by atoms with E-state index < -0.39 is 28.7 Å². The Morgan fingerprint density at radius 3 is 2.53 bits per heavy atom. The molecule has 0 aliphatic carbocycles. The summed E-state index contributed by atoms with van der Waals surface area (Å²) >= 11 is 0.727. The maximum atomic E-state index is 12.7. The standard InChI is InChI=1S/C20H25N5O6S/c1-4-5-6-7-15(19(28)29)23-13-8-9-14(16(10-13)22-12(3)26)17(27)24-20-21-11(2)18(32-20)25(30)31/h8-10,15,23H,4-7H2,1-3H3,(H,22,26)(H,28,29)(H,21,24,27). The molecule has 2 rings (SSSR count). The number of benzene rings is 1. The predicted octanol–water partition coefficient (Wildman–Crippen LogP) is 4.02. The van der Waals surface area contributed by atoms with Gasteiger partial charge < -0.3 is 15.7 Å². The molecule has 0 fully saturated rings. The van der Waals surface area contributed by atoms with Crippen LogP contribution >= 0.6 is 11.3 Å². The smallest absolute Gasteiger partial charge is 0.348 e. The van der Waals surface area contributed by atoms with E-state index in [4.69, 9.17) is 0 Å². The minimum absolute atomic E-state index is 0.0528. The Morgan fingerprint density at radius 1 is 1.25 bits per heavy atom. The van der Waals surface area contributed by atoms with Crippen LogP contribution in [0.2, 0.25) is 0 Å². The third-order valence-corrected chi connectivity index (χ3v) is 5.49. The Labute approximate surface area is 188 Å². The van der Waals surface area contributed by atoms with Gasteiger partial charge in [0.05, 0.1) is 16.2 Å². The van der Waals surface area contributed by atoms with E-state index in [1.807, 2.05) is 6.92 Å². The molecule has 32 heavy (non-hydrogen) atoms. The van der Waals surface area contributed by atoms with Gasteiger partial charge in [0.2, 0.25) is 5.91 Å². The minimum atomic E-state index is -0.996. The van der Waals surface area contributed by atoms with Crippen molar-refractivity contribution in [3.05, 3.63) is 39.6 Å². The largest absolute Gasteiger partial charge is 0.480 e. The summed E-state index contributed by atoms with van der Waals surface area (Å²) in [5.41, 5.74) is 0.870. The number of aromatic nitrogens is 1. The van der Waals surface area contributed by atoms with Crippen LogP contribution in [-0.2, 0) is 9.59 Å². The zero-order chi connectivity index (χ0) is 23.8. The van der Waals surface area contributed by atoms with Gasteiger partial charge >= 0.3 is 11.0 Å². The molecular weight excluding hydrogens is 438 g/mol. The molecule has 0 spiro atoms. The third kappa shape index (κ3) is 6.74. The summed E-state index contributed by atoms with van der Waals surface area (Å²) in [5, 5.41) is 28.3. The van der Waals surface area contributed by atoms with Gasteiger partial charge in [0.1, 0.15) is 11.7 Å². The number of nitrogens with one attached hydrogen (secondary N) is 3. The number of carbonyl (C=O) groups is 3. The highest BCUT2D eigenvalue weighted by Crippen LogP contribution is 2.31. The molecule has 1 aromatic carbocycles. The fraction of sp³-hybridized carbons (Fsp3) is 0.400. The number of hydrogen-bond acceptors (Lipinski definition) is 8. The SMILES string of the molecule is CCCCCC(Nc1ccc(C(=O)Nc2nc(C)c([N+](=O)[O-])s2)c(NC(C)=O)c1)C(=O)O. The topological polar surface area (TPSA) is 164 Å². The molecule has 12 heteroatoms. The summed E-state index contributed by atoms with van der Waals surface area (Å²) in [6.07, 6.45) is 3.06. The van der Waals surface area contributed by atoms with Gasteiger partial charge in [-0.3, -0.25) is 25.0 Å². The van der Waals surface area contributed by atoms with Crippen molar-refractivity contribution < 1.29 is 24.4 Å². The van der Waals surface area contributed by atoms with Gasteiger partial charge in [-0.15, -0.1) is 0 Å². The van der Waals surface area contributed by atoms with Gasteiger partial charge in [0.15, 0.2) is 5.13 Å². The van der Waals surface area contributed by atoms with Crippen LogP contribution in [0.15, 0.2) is 18.2 Å². The van der Waals surface area contributed by atoms with E-state index >= 15 is 0 Å². The Balaban J connectivity index is 2.26. The number of unbranched alkanes of at least 4 members (excludes halogenated alkanes) is 2. The average molecular weight is 464 g/mol. The van der Waals surface area contributed by atoms with Crippen molar-refractivity contribution in [1.82, 2.24) is 4.98 Å². The number of aryl methyl sites for hydroxylation is 1. The fourth-order valence-corrected chi connectivity index (χ4v) is 3.74. The summed E-state index contributed by atoms with van der Waals surface area (Å²) in [7, 11) is 0. The van der Waals surface area contributed by atoms with Gasteiger partial charge in [-0.25, -0.2) is 9.78 Å². The van der Waals surface area contributed by atoms with Crippen molar-refractivity contribution in [2.75, 3.05) is 16.0 Å². The summed E-state index contributed by atoms with van der Waals surface area (Å²) in [5.74, 6) is -2.04. The maximum absolute atomic E-state index is 12.7. The first-order valence-electron chi connectivity index (χ1n) is 9.96. The highest BCUT2D eigenvalue weighted by Gasteiger charge is 2.22.